The highest BCUT2D eigenvalue weighted by Crippen LogP contribution is 2.41. The lowest BCUT2D eigenvalue weighted by atomic mass is 9.96. The van der Waals surface area contributed by atoms with Crippen LogP contribution in [0, 0.1) is 11.7 Å². The van der Waals surface area contributed by atoms with Crippen LogP contribution in [0.1, 0.15) is 13.8 Å². The molecule has 0 saturated carbocycles. The van der Waals surface area contributed by atoms with E-state index in [9.17, 15) is 14.7 Å². The molecule has 31 heavy (non-hydrogen) atoms. The van der Waals surface area contributed by atoms with Gasteiger partial charge >= 0.3 is 6.09 Å². The Morgan fingerprint density at radius 1 is 1.26 bits per heavy atom. The molecule has 160 valence electrons. The van der Waals surface area contributed by atoms with Crippen molar-refractivity contribution in [3.8, 4) is 16.9 Å². The zero-order chi connectivity index (χ0) is 22.3. The fourth-order valence-corrected chi connectivity index (χ4v) is 4.61. The van der Waals surface area contributed by atoms with Crippen LogP contribution >= 0.6 is 11.3 Å². The molecule has 0 saturated heterocycles. The number of nitrogens with zero attached hydrogens (tertiary/aromatic N) is 1. The molecule has 2 heterocycles. The molecule has 2 aromatic carbocycles. The summed E-state index contributed by atoms with van der Waals surface area (Å²) in [5, 5.41) is 12.9. The van der Waals surface area contributed by atoms with Crippen LogP contribution in [-0.4, -0.2) is 29.8 Å². The smallest absolute Gasteiger partial charge is 0.411 e. The minimum atomic E-state index is -1.21. The Balaban J connectivity index is 1.97. The Morgan fingerprint density at radius 2 is 2.03 bits per heavy atom. The number of rotatable bonds is 5. The monoisotopic (exact) mass is 440 g/mol. The third-order valence-electron chi connectivity index (χ3n) is 5.08. The zero-order valence-electron chi connectivity index (χ0n) is 17.2. The third kappa shape index (κ3) is 3.63. The number of aromatic amines is 1. The second kappa shape index (κ2) is 8.03. The number of fused-ring (bicyclic) bond motifs is 3. The summed E-state index contributed by atoms with van der Waals surface area (Å²) in [6, 6.07) is 9.80. The number of amides is 1. The van der Waals surface area contributed by atoms with Gasteiger partial charge in [-0.25, -0.2) is 9.18 Å². The van der Waals surface area contributed by atoms with Crippen LogP contribution in [0.25, 0.3) is 32.1 Å². The lowest BCUT2D eigenvalue weighted by molar-refractivity contribution is 0.200. The van der Waals surface area contributed by atoms with Gasteiger partial charge in [-0.1, -0.05) is 19.9 Å². The van der Waals surface area contributed by atoms with E-state index in [1.165, 1.54) is 30.6 Å². The Labute approximate surface area is 181 Å². The molecule has 0 aliphatic rings. The fourth-order valence-electron chi connectivity index (χ4n) is 3.81. The average molecular weight is 440 g/mol. The molecule has 0 spiro atoms. The number of nitrogens with one attached hydrogen (secondary N) is 1. The highest BCUT2D eigenvalue weighted by molar-refractivity contribution is 7.17. The van der Waals surface area contributed by atoms with Gasteiger partial charge in [-0.05, 0) is 47.2 Å². The van der Waals surface area contributed by atoms with Crippen molar-refractivity contribution in [2.45, 2.75) is 13.8 Å². The summed E-state index contributed by atoms with van der Waals surface area (Å²) < 4.78 is 21.3. The SMILES string of the molecule is COc1ccc2[nH]c(=O)c3sccc3c2c1-c1ccc(N(CC(C)C)C(=O)O)c(F)c1. The van der Waals surface area contributed by atoms with Gasteiger partial charge in [0.15, 0.2) is 0 Å². The standard InChI is InChI=1S/C23H21FN2O4S/c1-12(2)11-26(23(28)29)17-6-4-13(10-15(17)24)19-18(30-3)7-5-16-20(19)14-8-9-31-21(14)22(27)25-16/h4-10,12H,11H2,1-3H3,(H,25,27)(H,28,29). The maximum atomic E-state index is 15.1. The number of hydrogen-bond donors (Lipinski definition) is 2. The predicted molar refractivity (Wildman–Crippen MR) is 122 cm³/mol. The molecule has 0 bridgehead atoms. The number of H-pyrrole nitrogens is 1. The molecule has 6 nitrogen and oxygen atoms in total. The van der Waals surface area contributed by atoms with Crippen molar-refractivity contribution >= 4 is 44.1 Å². The maximum Gasteiger partial charge on any atom is 0.411 e. The summed E-state index contributed by atoms with van der Waals surface area (Å²) in [7, 11) is 1.53. The average Bonchev–Trinajstić information content (AvgIpc) is 3.22. The van der Waals surface area contributed by atoms with E-state index >= 15 is 4.39 Å². The molecule has 0 atom stereocenters. The number of aromatic nitrogens is 1. The minimum Gasteiger partial charge on any atom is -0.496 e. The highest BCUT2D eigenvalue weighted by atomic mass is 32.1. The topological polar surface area (TPSA) is 82.6 Å². The number of benzene rings is 2. The quantitative estimate of drug-likeness (QED) is 0.417. The van der Waals surface area contributed by atoms with E-state index in [2.05, 4.69) is 4.98 Å². The van der Waals surface area contributed by atoms with Crippen molar-refractivity contribution in [3.05, 3.63) is 57.9 Å². The second-order valence-corrected chi connectivity index (χ2v) is 8.55. The van der Waals surface area contributed by atoms with E-state index in [1.807, 2.05) is 25.3 Å². The fraction of sp³-hybridized carbons (Fsp3) is 0.217. The van der Waals surface area contributed by atoms with Crippen molar-refractivity contribution in [2.75, 3.05) is 18.6 Å². The molecule has 2 aromatic heterocycles. The number of carbonyl (C=O) groups is 1. The van der Waals surface area contributed by atoms with E-state index in [0.717, 1.165) is 15.7 Å². The number of carboxylic acid groups (broad SMARTS) is 1. The number of halogens is 1. The van der Waals surface area contributed by atoms with Crippen molar-refractivity contribution in [2.24, 2.45) is 5.92 Å². The number of methoxy groups -OCH3 is 1. The second-order valence-electron chi connectivity index (χ2n) is 7.64. The van der Waals surface area contributed by atoms with E-state index < -0.39 is 11.9 Å². The van der Waals surface area contributed by atoms with Gasteiger partial charge in [-0.3, -0.25) is 9.69 Å². The number of hydrogen-bond acceptors (Lipinski definition) is 4. The van der Waals surface area contributed by atoms with Gasteiger partial charge in [0.25, 0.3) is 5.56 Å². The van der Waals surface area contributed by atoms with Gasteiger partial charge in [-0.2, -0.15) is 0 Å². The molecule has 4 aromatic rings. The first-order chi connectivity index (χ1) is 14.8. The maximum absolute atomic E-state index is 15.1. The summed E-state index contributed by atoms with van der Waals surface area (Å²) in [6.07, 6.45) is -1.21. The first-order valence-electron chi connectivity index (χ1n) is 9.72. The van der Waals surface area contributed by atoms with Gasteiger partial charge in [0, 0.05) is 28.4 Å². The van der Waals surface area contributed by atoms with Gasteiger partial charge < -0.3 is 14.8 Å². The normalized spacial score (nSPS) is 11.4. The highest BCUT2D eigenvalue weighted by Gasteiger charge is 2.22. The summed E-state index contributed by atoms with van der Waals surface area (Å²) in [5.74, 6) is -0.0842. The molecule has 0 unspecified atom stereocenters. The molecule has 0 aliphatic carbocycles. The molecule has 8 heteroatoms. The van der Waals surface area contributed by atoms with Gasteiger partial charge in [-0.15, -0.1) is 11.3 Å². The lowest BCUT2D eigenvalue weighted by Gasteiger charge is -2.22. The van der Waals surface area contributed by atoms with Crippen LogP contribution in [0.4, 0.5) is 14.9 Å². The molecule has 2 N–H and O–H groups in total. The van der Waals surface area contributed by atoms with E-state index in [4.69, 9.17) is 4.74 Å². The third-order valence-corrected chi connectivity index (χ3v) is 5.99. The minimum absolute atomic E-state index is 0.00163. The summed E-state index contributed by atoms with van der Waals surface area (Å²) in [4.78, 5) is 28.0. The Bertz CT molecular complexity index is 1360. The molecule has 0 fully saturated rings. The largest absolute Gasteiger partial charge is 0.496 e. The van der Waals surface area contributed by atoms with Crippen LogP contribution in [0.3, 0.4) is 0 Å². The molecular formula is C23H21FN2O4S. The van der Waals surface area contributed by atoms with Crippen LogP contribution in [0.15, 0.2) is 46.6 Å². The summed E-state index contributed by atoms with van der Waals surface area (Å²) >= 11 is 1.33. The van der Waals surface area contributed by atoms with Crippen LogP contribution < -0.4 is 15.2 Å². The Hall–Kier alpha value is -3.39. The van der Waals surface area contributed by atoms with Crippen molar-refractivity contribution in [1.29, 1.82) is 0 Å². The van der Waals surface area contributed by atoms with Crippen molar-refractivity contribution in [1.82, 2.24) is 4.98 Å². The van der Waals surface area contributed by atoms with Crippen LogP contribution in [-0.2, 0) is 0 Å². The summed E-state index contributed by atoms with van der Waals surface area (Å²) in [5.41, 5.74) is 1.59. The molecule has 0 aliphatic heterocycles. The number of thiophene rings is 1. The molecule has 4 rings (SSSR count). The predicted octanol–water partition coefficient (Wildman–Crippen LogP) is 5.70. The lowest BCUT2D eigenvalue weighted by Crippen LogP contribution is -2.33. The van der Waals surface area contributed by atoms with Crippen LogP contribution in [0.5, 0.6) is 5.75 Å². The Kier molecular flexibility index (Phi) is 5.41. The van der Waals surface area contributed by atoms with Gasteiger partial charge in [0.1, 0.15) is 16.3 Å². The Morgan fingerprint density at radius 3 is 2.68 bits per heavy atom. The van der Waals surface area contributed by atoms with Crippen molar-refractivity contribution < 1.29 is 19.0 Å². The van der Waals surface area contributed by atoms with Gasteiger partial charge in [0.05, 0.1) is 12.8 Å². The molecular weight excluding hydrogens is 419 g/mol. The first-order valence-corrected chi connectivity index (χ1v) is 10.6. The first kappa shape index (κ1) is 20.9. The van der Waals surface area contributed by atoms with Crippen molar-refractivity contribution in [3.63, 3.8) is 0 Å². The van der Waals surface area contributed by atoms with Gasteiger partial charge in [0.2, 0.25) is 0 Å². The number of pyridine rings is 1. The summed E-state index contributed by atoms with van der Waals surface area (Å²) in [6.45, 7) is 3.92. The zero-order valence-corrected chi connectivity index (χ0v) is 18.0. The molecule has 0 radical (unpaired) electrons. The van der Waals surface area contributed by atoms with E-state index in [1.54, 1.807) is 18.2 Å². The van der Waals surface area contributed by atoms with Crippen LogP contribution in [0.2, 0.25) is 0 Å². The van der Waals surface area contributed by atoms with E-state index in [-0.39, 0.29) is 23.7 Å². The number of ether oxygens (including phenoxy) is 1. The molecule has 1 amide bonds. The van der Waals surface area contributed by atoms with E-state index in [0.29, 0.717) is 27.1 Å². The number of anilines is 1.